The minimum Gasteiger partial charge on any atom is -0.488 e. The molecule has 98 valence electrons. The SMILES string of the molecule is Cc1ccc([N+](=O)[O-])cc1OCc1cccnc1Cl. The lowest BCUT2D eigenvalue weighted by molar-refractivity contribution is -0.385. The minimum absolute atomic E-state index is 0.00196. The molecule has 2 rings (SSSR count). The molecule has 0 spiro atoms. The number of nitrogens with zero attached hydrogens (tertiary/aromatic N) is 2. The van der Waals surface area contributed by atoms with Crippen molar-refractivity contribution in [1.29, 1.82) is 0 Å². The second-order valence-electron chi connectivity index (χ2n) is 3.95. The molecule has 1 heterocycles. The average molecular weight is 279 g/mol. The standard InChI is InChI=1S/C13H11ClN2O3/c1-9-4-5-11(16(17)18)7-12(9)19-8-10-3-2-6-15-13(10)14/h2-7H,8H2,1H3. The van der Waals surface area contributed by atoms with Gasteiger partial charge in [-0.1, -0.05) is 17.7 Å². The maximum absolute atomic E-state index is 10.7. The van der Waals surface area contributed by atoms with Crippen molar-refractivity contribution in [3.05, 3.63) is 62.9 Å². The fourth-order valence-electron chi connectivity index (χ4n) is 1.54. The fraction of sp³-hybridized carbons (Fsp3) is 0.154. The van der Waals surface area contributed by atoms with E-state index >= 15 is 0 Å². The molecule has 0 saturated heterocycles. The lowest BCUT2D eigenvalue weighted by atomic mass is 10.2. The molecule has 0 radical (unpaired) electrons. The van der Waals surface area contributed by atoms with Gasteiger partial charge in [-0.25, -0.2) is 4.98 Å². The van der Waals surface area contributed by atoms with Gasteiger partial charge in [0.15, 0.2) is 0 Å². The van der Waals surface area contributed by atoms with E-state index in [1.165, 1.54) is 12.1 Å². The van der Waals surface area contributed by atoms with Crippen LogP contribution in [0.1, 0.15) is 11.1 Å². The summed E-state index contributed by atoms with van der Waals surface area (Å²) >= 11 is 5.91. The number of rotatable bonds is 4. The van der Waals surface area contributed by atoms with Crippen LogP contribution in [0.2, 0.25) is 5.15 Å². The van der Waals surface area contributed by atoms with E-state index in [4.69, 9.17) is 16.3 Å². The summed E-state index contributed by atoms with van der Waals surface area (Å²) in [5, 5.41) is 11.1. The van der Waals surface area contributed by atoms with Crippen LogP contribution in [0.4, 0.5) is 5.69 Å². The van der Waals surface area contributed by atoms with Crippen LogP contribution in [0.3, 0.4) is 0 Å². The summed E-state index contributed by atoms with van der Waals surface area (Å²) in [5.74, 6) is 0.467. The Morgan fingerprint density at radius 2 is 2.21 bits per heavy atom. The Labute approximate surface area is 115 Å². The van der Waals surface area contributed by atoms with Crippen LogP contribution in [-0.4, -0.2) is 9.91 Å². The van der Waals surface area contributed by atoms with Crippen LogP contribution in [0.5, 0.6) is 5.75 Å². The van der Waals surface area contributed by atoms with Crippen LogP contribution >= 0.6 is 11.6 Å². The first-order valence-corrected chi connectivity index (χ1v) is 5.93. The number of nitro benzene ring substituents is 1. The zero-order chi connectivity index (χ0) is 13.8. The first kappa shape index (κ1) is 13.3. The number of non-ortho nitro benzene ring substituents is 1. The third kappa shape index (κ3) is 3.20. The topological polar surface area (TPSA) is 65.3 Å². The number of ether oxygens (including phenoxy) is 1. The molecule has 0 unspecified atom stereocenters. The van der Waals surface area contributed by atoms with E-state index < -0.39 is 4.92 Å². The van der Waals surface area contributed by atoms with Gasteiger partial charge in [-0.15, -0.1) is 0 Å². The van der Waals surface area contributed by atoms with Crippen molar-refractivity contribution in [3.8, 4) is 5.75 Å². The van der Waals surface area contributed by atoms with E-state index in [0.717, 1.165) is 11.1 Å². The molecule has 0 fully saturated rings. The van der Waals surface area contributed by atoms with E-state index in [2.05, 4.69) is 4.98 Å². The molecule has 2 aromatic rings. The quantitative estimate of drug-likeness (QED) is 0.487. The molecule has 0 aliphatic heterocycles. The smallest absolute Gasteiger partial charge is 0.273 e. The molecule has 19 heavy (non-hydrogen) atoms. The second kappa shape index (κ2) is 5.67. The van der Waals surface area contributed by atoms with Crippen LogP contribution in [-0.2, 0) is 6.61 Å². The third-order valence-electron chi connectivity index (χ3n) is 2.60. The Morgan fingerprint density at radius 1 is 1.42 bits per heavy atom. The van der Waals surface area contributed by atoms with Crippen LogP contribution in [0.25, 0.3) is 0 Å². The normalized spacial score (nSPS) is 10.2. The monoisotopic (exact) mass is 278 g/mol. The highest BCUT2D eigenvalue weighted by molar-refractivity contribution is 6.30. The summed E-state index contributed by atoms with van der Waals surface area (Å²) in [6.45, 7) is 2.04. The number of hydrogen-bond acceptors (Lipinski definition) is 4. The molecular weight excluding hydrogens is 268 g/mol. The van der Waals surface area contributed by atoms with E-state index in [9.17, 15) is 10.1 Å². The molecule has 0 aliphatic carbocycles. The van der Waals surface area contributed by atoms with Crippen molar-refractivity contribution in [2.24, 2.45) is 0 Å². The van der Waals surface area contributed by atoms with Gasteiger partial charge in [-0.2, -0.15) is 0 Å². The maximum Gasteiger partial charge on any atom is 0.273 e. The number of hydrogen-bond donors (Lipinski definition) is 0. The largest absolute Gasteiger partial charge is 0.488 e. The molecule has 0 amide bonds. The molecular formula is C13H11ClN2O3. The van der Waals surface area contributed by atoms with Crippen molar-refractivity contribution in [2.45, 2.75) is 13.5 Å². The number of aromatic nitrogens is 1. The molecule has 6 heteroatoms. The van der Waals surface area contributed by atoms with Gasteiger partial charge in [0.1, 0.15) is 17.5 Å². The fourth-order valence-corrected chi connectivity index (χ4v) is 1.71. The van der Waals surface area contributed by atoms with Crippen molar-refractivity contribution in [1.82, 2.24) is 4.98 Å². The summed E-state index contributed by atoms with van der Waals surface area (Å²) in [6.07, 6.45) is 1.59. The van der Waals surface area contributed by atoms with E-state index in [0.29, 0.717) is 10.9 Å². The molecule has 1 aromatic carbocycles. The number of pyridine rings is 1. The van der Waals surface area contributed by atoms with E-state index in [1.54, 1.807) is 24.4 Å². The molecule has 1 aromatic heterocycles. The third-order valence-corrected chi connectivity index (χ3v) is 2.94. The predicted molar refractivity (Wildman–Crippen MR) is 71.4 cm³/mol. The van der Waals surface area contributed by atoms with Gasteiger partial charge in [-0.05, 0) is 24.6 Å². The van der Waals surface area contributed by atoms with E-state index in [1.807, 2.05) is 6.92 Å². The lowest BCUT2D eigenvalue weighted by Gasteiger charge is -2.09. The molecule has 0 bridgehead atoms. The van der Waals surface area contributed by atoms with Gasteiger partial charge in [-0.3, -0.25) is 10.1 Å². The summed E-state index contributed by atoms with van der Waals surface area (Å²) < 4.78 is 5.57. The number of nitro groups is 1. The Balaban J connectivity index is 2.17. The number of aryl methyl sites for hydroxylation is 1. The summed E-state index contributed by atoms with van der Waals surface area (Å²) in [7, 11) is 0. The van der Waals surface area contributed by atoms with Gasteiger partial charge < -0.3 is 4.74 Å². The van der Waals surface area contributed by atoms with E-state index in [-0.39, 0.29) is 12.3 Å². The highest BCUT2D eigenvalue weighted by Crippen LogP contribution is 2.25. The highest BCUT2D eigenvalue weighted by Gasteiger charge is 2.10. The van der Waals surface area contributed by atoms with Gasteiger partial charge in [0, 0.05) is 17.8 Å². The Bertz CT molecular complexity index is 617. The molecule has 0 atom stereocenters. The zero-order valence-corrected chi connectivity index (χ0v) is 10.9. The number of benzene rings is 1. The Hall–Kier alpha value is -2.14. The first-order chi connectivity index (χ1) is 9.08. The summed E-state index contributed by atoms with van der Waals surface area (Å²) in [4.78, 5) is 14.2. The van der Waals surface area contributed by atoms with Crippen molar-refractivity contribution < 1.29 is 9.66 Å². The predicted octanol–water partition coefficient (Wildman–Crippen LogP) is 3.53. The molecule has 5 nitrogen and oxygen atoms in total. The van der Waals surface area contributed by atoms with Gasteiger partial charge >= 0.3 is 0 Å². The summed E-state index contributed by atoms with van der Waals surface area (Å²) in [6, 6.07) is 8.05. The van der Waals surface area contributed by atoms with Crippen molar-refractivity contribution in [2.75, 3.05) is 0 Å². The lowest BCUT2D eigenvalue weighted by Crippen LogP contribution is -1.99. The van der Waals surface area contributed by atoms with Crippen LogP contribution < -0.4 is 4.74 Å². The molecule has 0 N–H and O–H groups in total. The Kier molecular flexibility index (Phi) is 3.97. The highest BCUT2D eigenvalue weighted by atomic mass is 35.5. The van der Waals surface area contributed by atoms with Crippen molar-refractivity contribution in [3.63, 3.8) is 0 Å². The van der Waals surface area contributed by atoms with Crippen LogP contribution in [0.15, 0.2) is 36.5 Å². The number of halogens is 1. The Morgan fingerprint density at radius 3 is 2.89 bits per heavy atom. The van der Waals surface area contributed by atoms with Gasteiger partial charge in [0.25, 0.3) is 5.69 Å². The zero-order valence-electron chi connectivity index (χ0n) is 10.2. The average Bonchev–Trinajstić information content (AvgIpc) is 2.39. The van der Waals surface area contributed by atoms with Gasteiger partial charge in [0.05, 0.1) is 11.0 Å². The molecule has 0 saturated carbocycles. The minimum atomic E-state index is -0.455. The summed E-state index contributed by atoms with van der Waals surface area (Å²) in [5.41, 5.74) is 1.55. The first-order valence-electron chi connectivity index (χ1n) is 5.55. The van der Waals surface area contributed by atoms with Gasteiger partial charge in [0.2, 0.25) is 0 Å². The van der Waals surface area contributed by atoms with Crippen molar-refractivity contribution >= 4 is 17.3 Å². The maximum atomic E-state index is 10.7. The molecule has 0 aliphatic rings. The van der Waals surface area contributed by atoms with Crippen LogP contribution in [0, 0.1) is 17.0 Å². The second-order valence-corrected chi connectivity index (χ2v) is 4.31.